The standard InChI is InChI=1S/C15H20N4O/c1-9-2-3-10(6-9)8-17-15-18-13-5-4-11(16)7-12(13)14(20)19-15/h4-5,7,9-10H,2-3,6,8,16H2,1H3,(H2,17,18,19,20). The van der Waals surface area contributed by atoms with E-state index in [0.717, 1.165) is 12.5 Å². The molecule has 2 atom stereocenters. The summed E-state index contributed by atoms with van der Waals surface area (Å²) in [4.78, 5) is 19.2. The molecule has 106 valence electrons. The van der Waals surface area contributed by atoms with Gasteiger partial charge in [0.1, 0.15) is 0 Å². The Morgan fingerprint density at radius 1 is 1.45 bits per heavy atom. The van der Waals surface area contributed by atoms with Crippen molar-refractivity contribution in [2.45, 2.75) is 26.2 Å². The number of benzene rings is 1. The van der Waals surface area contributed by atoms with Crippen LogP contribution in [0, 0.1) is 11.8 Å². The molecule has 1 aliphatic carbocycles. The molecule has 4 N–H and O–H groups in total. The summed E-state index contributed by atoms with van der Waals surface area (Å²) in [5.74, 6) is 2.04. The number of nitrogens with two attached hydrogens (primary N) is 1. The number of nitrogen functional groups attached to an aromatic ring is 1. The van der Waals surface area contributed by atoms with Crippen LogP contribution in [0.2, 0.25) is 0 Å². The fourth-order valence-corrected chi connectivity index (χ4v) is 2.99. The van der Waals surface area contributed by atoms with Crippen LogP contribution in [0.5, 0.6) is 0 Å². The van der Waals surface area contributed by atoms with Gasteiger partial charge < -0.3 is 11.1 Å². The largest absolute Gasteiger partial charge is 0.399 e. The maximum Gasteiger partial charge on any atom is 0.260 e. The van der Waals surface area contributed by atoms with Gasteiger partial charge in [-0.05, 0) is 42.9 Å². The van der Waals surface area contributed by atoms with Gasteiger partial charge in [-0.1, -0.05) is 13.3 Å². The Bertz CT molecular complexity index is 679. The molecule has 5 heteroatoms. The zero-order valence-electron chi connectivity index (χ0n) is 11.6. The molecule has 1 fully saturated rings. The van der Waals surface area contributed by atoms with Crippen LogP contribution in [0.4, 0.5) is 11.6 Å². The molecule has 0 spiro atoms. The molecular formula is C15H20N4O. The van der Waals surface area contributed by atoms with E-state index < -0.39 is 0 Å². The third kappa shape index (κ3) is 2.61. The third-order valence-corrected chi connectivity index (χ3v) is 4.09. The van der Waals surface area contributed by atoms with Gasteiger partial charge in [0.2, 0.25) is 5.95 Å². The Morgan fingerprint density at radius 2 is 2.30 bits per heavy atom. The molecule has 0 bridgehead atoms. The van der Waals surface area contributed by atoms with Gasteiger partial charge in [0.25, 0.3) is 5.56 Å². The van der Waals surface area contributed by atoms with Crippen LogP contribution in [-0.4, -0.2) is 16.5 Å². The van der Waals surface area contributed by atoms with E-state index in [1.54, 1.807) is 18.2 Å². The van der Waals surface area contributed by atoms with Crippen molar-refractivity contribution in [3.8, 4) is 0 Å². The van der Waals surface area contributed by atoms with Crippen molar-refractivity contribution >= 4 is 22.5 Å². The Hall–Kier alpha value is -2.04. The van der Waals surface area contributed by atoms with Crippen molar-refractivity contribution < 1.29 is 0 Å². The smallest absolute Gasteiger partial charge is 0.260 e. The first-order valence-corrected chi connectivity index (χ1v) is 7.15. The average Bonchev–Trinajstić information content (AvgIpc) is 2.83. The monoisotopic (exact) mass is 272 g/mol. The zero-order valence-corrected chi connectivity index (χ0v) is 11.6. The molecule has 1 aliphatic rings. The first-order chi connectivity index (χ1) is 9.61. The number of aromatic amines is 1. The maximum absolute atomic E-state index is 12.0. The van der Waals surface area contributed by atoms with Gasteiger partial charge in [-0.15, -0.1) is 0 Å². The highest BCUT2D eigenvalue weighted by Crippen LogP contribution is 2.30. The lowest BCUT2D eigenvalue weighted by atomic mass is 10.1. The van der Waals surface area contributed by atoms with Crippen molar-refractivity contribution in [2.75, 3.05) is 17.6 Å². The number of hydrogen-bond donors (Lipinski definition) is 3. The van der Waals surface area contributed by atoms with Crippen molar-refractivity contribution in [3.63, 3.8) is 0 Å². The van der Waals surface area contributed by atoms with Crippen molar-refractivity contribution in [1.29, 1.82) is 0 Å². The van der Waals surface area contributed by atoms with Crippen molar-refractivity contribution in [1.82, 2.24) is 9.97 Å². The predicted molar refractivity (Wildman–Crippen MR) is 81.8 cm³/mol. The second kappa shape index (κ2) is 5.15. The summed E-state index contributed by atoms with van der Waals surface area (Å²) >= 11 is 0. The Kier molecular flexibility index (Phi) is 3.34. The maximum atomic E-state index is 12.0. The van der Waals surface area contributed by atoms with Crippen LogP contribution in [0.3, 0.4) is 0 Å². The molecule has 3 rings (SSSR count). The number of anilines is 2. The highest BCUT2D eigenvalue weighted by atomic mass is 16.1. The van der Waals surface area contributed by atoms with Gasteiger partial charge in [0.15, 0.2) is 0 Å². The summed E-state index contributed by atoms with van der Waals surface area (Å²) in [6, 6.07) is 5.20. The summed E-state index contributed by atoms with van der Waals surface area (Å²) in [5, 5.41) is 3.79. The first kappa shape index (κ1) is 13.0. The van der Waals surface area contributed by atoms with Crippen LogP contribution in [0.25, 0.3) is 10.9 Å². The minimum absolute atomic E-state index is 0.149. The van der Waals surface area contributed by atoms with Crippen molar-refractivity contribution in [3.05, 3.63) is 28.6 Å². The van der Waals surface area contributed by atoms with Crippen LogP contribution < -0.4 is 16.6 Å². The minimum Gasteiger partial charge on any atom is -0.399 e. The van der Waals surface area contributed by atoms with Gasteiger partial charge in [0, 0.05) is 12.2 Å². The van der Waals surface area contributed by atoms with E-state index in [-0.39, 0.29) is 5.56 Å². The molecule has 0 saturated heterocycles. The van der Waals surface area contributed by atoms with Crippen LogP contribution in [-0.2, 0) is 0 Å². The van der Waals surface area contributed by atoms with E-state index in [2.05, 4.69) is 22.2 Å². The molecule has 1 aromatic heterocycles. The Balaban J connectivity index is 1.79. The number of fused-ring (bicyclic) bond motifs is 1. The molecule has 1 aromatic carbocycles. The molecule has 5 nitrogen and oxygen atoms in total. The van der Waals surface area contributed by atoms with E-state index in [4.69, 9.17) is 5.73 Å². The fourth-order valence-electron chi connectivity index (χ4n) is 2.99. The lowest BCUT2D eigenvalue weighted by Gasteiger charge is -2.11. The number of H-pyrrole nitrogens is 1. The summed E-state index contributed by atoms with van der Waals surface area (Å²) in [5.41, 5.74) is 6.79. The second-order valence-corrected chi connectivity index (χ2v) is 5.86. The molecule has 2 aromatic rings. The fraction of sp³-hybridized carbons (Fsp3) is 0.467. The van der Waals surface area contributed by atoms with Gasteiger partial charge >= 0.3 is 0 Å². The van der Waals surface area contributed by atoms with Gasteiger partial charge in [-0.2, -0.15) is 0 Å². The lowest BCUT2D eigenvalue weighted by molar-refractivity contribution is 0.536. The Labute approximate surface area is 117 Å². The molecule has 20 heavy (non-hydrogen) atoms. The van der Waals surface area contributed by atoms with Gasteiger partial charge in [-0.3, -0.25) is 9.78 Å². The number of hydrogen-bond acceptors (Lipinski definition) is 4. The lowest BCUT2D eigenvalue weighted by Crippen LogP contribution is -2.17. The quantitative estimate of drug-likeness (QED) is 0.749. The molecule has 1 heterocycles. The van der Waals surface area contributed by atoms with E-state index in [0.29, 0.717) is 28.5 Å². The normalized spacial score (nSPS) is 22.2. The predicted octanol–water partition coefficient (Wildman–Crippen LogP) is 2.35. The topological polar surface area (TPSA) is 83.8 Å². The first-order valence-electron chi connectivity index (χ1n) is 7.15. The third-order valence-electron chi connectivity index (χ3n) is 4.09. The average molecular weight is 272 g/mol. The Morgan fingerprint density at radius 3 is 3.05 bits per heavy atom. The molecule has 0 amide bonds. The van der Waals surface area contributed by atoms with Crippen LogP contribution in [0.15, 0.2) is 23.0 Å². The summed E-state index contributed by atoms with van der Waals surface area (Å²) in [6.45, 7) is 3.16. The zero-order chi connectivity index (χ0) is 14.1. The molecule has 2 unspecified atom stereocenters. The second-order valence-electron chi connectivity index (χ2n) is 5.86. The highest BCUT2D eigenvalue weighted by molar-refractivity contribution is 5.81. The molecular weight excluding hydrogens is 252 g/mol. The molecule has 1 saturated carbocycles. The number of aromatic nitrogens is 2. The van der Waals surface area contributed by atoms with Crippen LogP contribution in [0.1, 0.15) is 26.2 Å². The highest BCUT2D eigenvalue weighted by Gasteiger charge is 2.21. The molecule has 0 radical (unpaired) electrons. The van der Waals surface area contributed by atoms with E-state index in [1.807, 2.05) is 0 Å². The minimum atomic E-state index is -0.149. The number of nitrogens with one attached hydrogen (secondary N) is 2. The summed E-state index contributed by atoms with van der Waals surface area (Å²) in [6.07, 6.45) is 3.80. The van der Waals surface area contributed by atoms with Crippen LogP contribution >= 0.6 is 0 Å². The SMILES string of the molecule is CC1CCC(CNc2nc3ccc(N)cc3c(=O)[nH]2)C1. The van der Waals surface area contributed by atoms with Gasteiger partial charge in [-0.25, -0.2) is 4.98 Å². The van der Waals surface area contributed by atoms with Crippen molar-refractivity contribution in [2.24, 2.45) is 11.8 Å². The number of rotatable bonds is 3. The summed E-state index contributed by atoms with van der Waals surface area (Å²) < 4.78 is 0. The van der Waals surface area contributed by atoms with Gasteiger partial charge in [0.05, 0.1) is 10.9 Å². The summed E-state index contributed by atoms with van der Waals surface area (Å²) in [7, 11) is 0. The van der Waals surface area contributed by atoms with E-state index in [1.165, 1.54) is 19.3 Å². The number of nitrogens with zero attached hydrogens (tertiary/aromatic N) is 1. The van der Waals surface area contributed by atoms with E-state index >= 15 is 0 Å². The van der Waals surface area contributed by atoms with E-state index in [9.17, 15) is 4.79 Å². The molecule has 0 aliphatic heterocycles.